The highest BCUT2D eigenvalue weighted by molar-refractivity contribution is 7.92. The number of benzene rings is 2. The van der Waals surface area contributed by atoms with Crippen LogP contribution in [-0.2, 0) is 16.6 Å². The molecular weight excluding hydrogens is 286 g/mol. The third kappa shape index (κ3) is 4.31. The van der Waals surface area contributed by atoms with E-state index >= 15 is 0 Å². The van der Waals surface area contributed by atoms with Crippen molar-refractivity contribution in [1.82, 2.24) is 0 Å². The van der Waals surface area contributed by atoms with E-state index in [1.807, 2.05) is 37.3 Å². The number of aliphatic hydroxyl groups is 1. The minimum Gasteiger partial charge on any atom is -0.392 e. The maximum absolute atomic E-state index is 12.3. The van der Waals surface area contributed by atoms with E-state index in [1.165, 1.54) is 0 Å². The first-order valence-corrected chi connectivity index (χ1v) is 8.41. The summed E-state index contributed by atoms with van der Waals surface area (Å²) in [7, 11) is -3.48. The lowest BCUT2D eigenvalue weighted by Gasteiger charge is -2.15. The molecule has 2 aromatic rings. The van der Waals surface area contributed by atoms with E-state index in [1.54, 1.807) is 24.3 Å². The van der Waals surface area contributed by atoms with Crippen molar-refractivity contribution in [2.45, 2.75) is 19.4 Å². The lowest BCUT2D eigenvalue weighted by molar-refractivity contribution is 0.282. The minimum absolute atomic E-state index is 0.00320. The predicted octanol–water partition coefficient (Wildman–Crippen LogP) is 2.72. The molecule has 0 aromatic heterocycles. The maximum Gasteiger partial charge on any atom is 0.233 e. The number of anilines is 1. The standard InChI is InChI=1S/C16H19NO3S/c1-13(14-7-3-2-4-8-14)12-21(19,20)17-16-10-6-5-9-15(16)11-18/h2-10,13,17-18H,11-12H2,1H3. The fraction of sp³-hybridized carbons (Fsp3) is 0.250. The highest BCUT2D eigenvalue weighted by atomic mass is 32.2. The molecule has 2 aromatic carbocycles. The van der Waals surface area contributed by atoms with Gasteiger partial charge in [0.2, 0.25) is 10.0 Å². The van der Waals surface area contributed by atoms with Crippen LogP contribution in [-0.4, -0.2) is 19.3 Å². The number of para-hydroxylation sites is 1. The van der Waals surface area contributed by atoms with Crippen molar-refractivity contribution in [3.8, 4) is 0 Å². The molecule has 0 spiro atoms. The van der Waals surface area contributed by atoms with Gasteiger partial charge in [-0.15, -0.1) is 0 Å². The normalized spacial score (nSPS) is 12.9. The third-order valence-corrected chi connectivity index (χ3v) is 4.76. The Balaban J connectivity index is 2.12. The van der Waals surface area contributed by atoms with Crippen LogP contribution < -0.4 is 4.72 Å². The molecule has 21 heavy (non-hydrogen) atoms. The average Bonchev–Trinajstić information content (AvgIpc) is 2.47. The van der Waals surface area contributed by atoms with E-state index in [9.17, 15) is 13.5 Å². The zero-order chi connectivity index (χ0) is 15.3. The molecule has 1 unspecified atom stereocenters. The van der Waals surface area contributed by atoms with Crippen LogP contribution >= 0.6 is 0 Å². The number of hydrogen-bond donors (Lipinski definition) is 2. The maximum atomic E-state index is 12.3. The fourth-order valence-electron chi connectivity index (χ4n) is 2.17. The highest BCUT2D eigenvalue weighted by Gasteiger charge is 2.18. The summed E-state index contributed by atoms with van der Waals surface area (Å²) in [6.07, 6.45) is 0. The molecule has 0 saturated carbocycles. The Hall–Kier alpha value is -1.85. The first kappa shape index (κ1) is 15.5. The van der Waals surface area contributed by atoms with E-state index in [0.29, 0.717) is 11.3 Å². The van der Waals surface area contributed by atoms with Gasteiger partial charge in [-0.1, -0.05) is 55.5 Å². The second-order valence-electron chi connectivity index (χ2n) is 5.01. The highest BCUT2D eigenvalue weighted by Crippen LogP contribution is 2.20. The smallest absolute Gasteiger partial charge is 0.233 e. The van der Waals surface area contributed by atoms with Crippen molar-refractivity contribution in [2.24, 2.45) is 0 Å². The van der Waals surface area contributed by atoms with Gasteiger partial charge in [-0.25, -0.2) is 8.42 Å². The van der Waals surface area contributed by atoms with Gasteiger partial charge < -0.3 is 5.11 Å². The van der Waals surface area contributed by atoms with Crippen LogP contribution in [0.3, 0.4) is 0 Å². The largest absolute Gasteiger partial charge is 0.392 e. The first-order valence-electron chi connectivity index (χ1n) is 6.76. The Bertz CT molecular complexity index is 684. The van der Waals surface area contributed by atoms with Crippen LogP contribution in [0.15, 0.2) is 54.6 Å². The van der Waals surface area contributed by atoms with Crippen molar-refractivity contribution in [3.63, 3.8) is 0 Å². The lowest BCUT2D eigenvalue weighted by atomic mass is 10.0. The second kappa shape index (κ2) is 6.74. The van der Waals surface area contributed by atoms with Gasteiger partial charge in [-0.3, -0.25) is 4.72 Å². The van der Waals surface area contributed by atoms with Crippen molar-refractivity contribution in [3.05, 3.63) is 65.7 Å². The molecule has 2 N–H and O–H groups in total. The summed E-state index contributed by atoms with van der Waals surface area (Å²) >= 11 is 0. The van der Waals surface area contributed by atoms with Gasteiger partial charge in [0.05, 0.1) is 18.0 Å². The van der Waals surface area contributed by atoms with Gasteiger partial charge in [0.15, 0.2) is 0 Å². The molecule has 0 radical (unpaired) electrons. The molecule has 0 aliphatic carbocycles. The van der Waals surface area contributed by atoms with Gasteiger partial charge >= 0.3 is 0 Å². The minimum atomic E-state index is -3.48. The number of rotatable bonds is 6. The van der Waals surface area contributed by atoms with Crippen molar-refractivity contribution in [2.75, 3.05) is 10.5 Å². The molecule has 4 nitrogen and oxygen atoms in total. The van der Waals surface area contributed by atoms with Crippen LogP contribution in [0.4, 0.5) is 5.69 Å². The van der Waals surface area contributed by atoms with Crippen LogP contribution in [0.25, 0.3) is 0 Å². The van der Waals surface area contributed by atoms with Crippen molar-refractivity contribution < 1.29 is 13.5 Å². The summed E-state index contributed by atoms with van der Waals surface area (Å²) in [6.45, 7) is 1.68. The number of hydrogen-bond acceptors (Lipinski definition) is 3. The number of nitrogens with one attached hydrogen (secondary N) is 1. The molecule has 0 amide bonds. The Morgan fingerprint density at radius 2 is 1.67 bits per heavy atom. The molecular formula is C16H19NO3S. The monoisotopic (exact) mass is 305 g/mol. The van der Waals surface area contributed by atoms with E-state index in [2.05, 4.69) is 4.72 Å². The second-order valence-corrected chi connectivity index (χ2v) is 6.78. The Labute approximate surface area is 125 Å². The summed E-state index contributed by atoms with van der Waals surface area (Å²) in [6, 6.07) is 16.4. The summed E-state index contributed by atoms with van der Waals surface area (Å²) in [5.74, 6) is -0.110. The first-order chi connectivity index (χ1) is 10.0. The van der Waals surface area contributed by atoms with E-state index in [-0.39, 0.29) is 18.3 Å². The van der Waals surface area contributed by atoms with Crippen LogP contribution in [0.2, 0.25) is 0 Å². The van der Waals surface area contributed by atoms with Crippen LogP contribution in [0.5, 0.6) is 0 Å². The zero-order valence-corrected chi connectivity index (χ0v) is 12.7. The average molecular weight is 305 g/mol. The van der Waals surface area contributed by atoms with Crippen LogP contribution in [0.1, 0.15) is 24.0 Å². The molecule has 5 heteroatoms. The Morgan fingerprint density at radius 3 is 2.33 bits per heavy atom. The fourth-order valence-corrected chi connectivity index (χ4v) is 3.64. The molecule has 0 aliphatic rings. The number of aliphatic hydroxyl groups excluding tert-OH is 1. The molecule has 0 aliphatic heterocycles. The van der Waals surface area contributed by atoms with Crippen molar-refractivity contribution in [1.29, 1.82) is 0 Å². The molecule has 2 rings (SSSR count). The number of sulfonamides is 1. The van der Waals surface area contributed by atoms with E-state index < -0.39 is 10.0 Å². The lowest BCUT2D eigenvalue weighted by Crippen LogP contribution is -2.21. The SMILES string of the molecule is CC(CS(=O)(=O)Nc1ccccc1CO)c1ccccc1. The molecule has 0 saturated heterocycles. The van der Waals surface area contributed by atoms with Gasteiger partial charge in [-0.05, 0) is 17.5 Å². The van der Waals surface area contributed by atoms with Gasteiger partial charge in [0.25, 0.3) is 0 Å². The topological polar surface area (TPSA) is 66.4 Å². The summed E-state index contributed by atoms with van der Waals surface area (Å²) in [4.78, 5) is 0. The zero-order valence-electron chi connectivity index (χ0n) is 11.9. The molecule has 1 atom stereocenters. The van der Waals surface area contributed by atoms with E-state index in [0.717, 1.165) is 5.56 Å². The Morgan fingerprint density at radius 1 is 1.05 bits per heavy atom. The Kier molecular flexibility index (Phi) is 4.98. The molecule has 0 fully saturated rings. The summed E-state index contributed by atoms with van der Waals surface area (Å²) in [5, 5.41) is 9.24. The molecule has 0 bridgehead atoms. The quantitative estimate of drug-likeness (QED) is 0.862. The van der Waals surface area contributed by atoms with Gasteiger partial charge in [0, 0.05) is 5.56 Å². The van der Waals surface area contributed by atoms with Gasteiger partial charge in [-0.2, -0.15) is 0 Å². The molecule has 112 valence electrons. The van der Waals surface area contributed by atoms with E-state index in [4.69, 9.17) is 0 Å². The van der Waals surface area contributed by atoms with Crippen molar-refractivity contribution >= 4 is 15.7 Å². The summed E-state index contributed by atoms with van der Waals surface area (Å²) < 4.78 is 27.1. The van der Waals surface area contributed by atoms with Crippen LogP contribution in [0, 0.1) is 0 Å². The molecule has 0 heterocycles. The van der Waals surface area contributed by atoms with Gasteiger partial charge in [0.1, 0.15) is 0 Å². The third-order valence-electron chi connectivity index (χ3n) is 3.29. The summed E-state index contributed by atoms with van der Waals surface area (Å²) in [5.41, 5.74) is 1.98. The predicted molar refractivity (Wildman–Crippen MR) is 84.6 cm³/mol.